The van der Waals surface area contributed by atoms with E-state index in [9.17, 15) is 4.79 Å². The first-order chi connectivity index (χ1) is 8.81. The zero-order valence-corrected chi connectivity index (χ0v) is 13.1. The van der Waals surface area contributed by atoms with Crippen LogP contribution in [-0.2, 0) is 16.1 Å². The first-order valence-corrected chi connectivity index (χ1v) is 7.28. The van der Waals surface area contributed by atoms with Crippen LogP contribution in [0.3, 0.4) is 0 Å². The van der Waals surface area contributed by atoms with Gasteiger partial charge in [-0.3, -0.25) is 4.79 Å². The second kappa shape index (κ2) is 6.96. The minimum Gasteiger partial charge on any atom is -0.468 e. The predicted molar refractivity (Wildman–Crippen MR) is 80.4 cm³/mol. The molecule has 1 aromatic rings. The van der Waals surface area contributed by atoms with Crippen molar-refractivity contribution in [2.75, 3.05) is 7.11 Å². The highest BCUT2D eigenvalue weighted by Crippen LogP contribution is 2.24. The van der Waals surface area contributed by atoms with Gasteiger partial charge in [0.2, 0.25) is 0 Å². The fraction of sp³-hybridized carbons (Fsp3) is 0.533. The molecule has 1 N–H and O–H groups in total. The number of hydrogen-bond donors (Lipinski definition) is 1. The van der Waals surface area contributed by atoms with Crippen molar-refractivity contribution in [1.82, 2.24) is 5.32 Å². The van der Waals surface area contributed by atoms with Crippen molar-refractivity contribution in [3.63, 3.8) is 0 Å². The SMILES string of the molecule is COC(=O)C(C)Sc1ccc(CNC(C)(C)C)cc1. The molecule has 1 rings (SSSR count). The van der Waals surface area contributed by atoms with E-state index >= 15 is 0 Å². The summed E-state index contributed by atoms with van der Waals surface area (Å²) in [5.74, 6) is -0.191. The highest BCUT2D eigenvalue weighted by atomic mass is 32.2. The van der Waals surface area contributed by atoms with Crippen LogP contribution in [0.15, 0.2) is 29.2 Å². The molecule has 0 aromatic heterocycles. The van der Waals surface area contributed by atoms with Gasteiger partial charge >= 0.3 is 5.97 Å². The van der Waals surface area contributed by atoms with Crippen LogP contribution in [0.4, 0.5) is 0 Å². The number of methoxy groups -OCH3 is 1. The van der Waals surface area contributed by atoms with Crippen molar-refractivity contribution >= 4 is 17.7 Å². The largest absolute Gasteiger partial charge is 0.468 e. The van der Waals surface area contributed by atoms with E-state index in [2.05, 4.69) is 38.2 Å². The molecule has 0 bridgehead atoms. The number of rotatable bonds is 5. The highest BCUT2D eigenvalue weighted by molar-refractivity contribution is 8.00. The average Bonchev–Trinajstić information content (AvgIpc) is 2.36. The Hall–Kier alpha value is -1.00. The standard InChI is InChI=1S/C15H23NO2S/c1-11(14(17)18-5)19-13-8-6-12(7-9-13)10-16-15(2,3)4/h6-9,11,16H,10H2,1-5H3. The molecule has 0 heterocycles. The van der Waals surface area contributed by atoms with Crippen molar-refractivity contribution in [2.24, 2.45) is 0 Å². The summed E-state index contributed by atoms with van der Waals surface area (Å²) in [5, 5.41) is 3.27. The van der Waals surface area contributed by atoms with Crippen LogP contribution in [0, 0.1) is 0 Å². The lowest BCUT2D eigenvalue weighted by Crippen LogP contribution is -2.35. The Bertz CT molecular complexity index is 409. The van der Waals surface area contributed by atoms with Crippen molar-refractivity contribution < 1.29 is 9.53 Å². The number of benzene rings is 1. The molecular weight excluding hydrogens is 258 g/mol. The maximum atomic E-state index is 11.3. The van der Waals surface area contributed by atoms with E-state index in [1.165, 1.54) is 24.4 Å². The monoisotopic (exact) mass is 281 g/mol. The molecule has 0 saturated carbocycles. The van der Waals surface area contributed by atoms with E-state index in [0.717, 1.165) is 11.4 Å². The predicted octanol–water partition coefficient (Wildman–Crippen LogP) is 3.23. The third kappa shape index (κ3) is 6.12. The normalized spacial score (nSPS) is 13.1. The van der Waals surface area contributed by atoms with Gasteiger partial charge in [-0.15, -0.1) is 11.8 Å². The van der Waals surface area contributed by atoms with Gasteiger partial charge in [0.05, 0.1) is 7.11 Å². The summed E-state index contributed by atoms with van der Waals surface area (Å²) < 4.78 is 4.71. The number of esters is 1. The third-order valence-electron chi connectivity index (χ3n) is 2.59. The molecule has 106 valence electrons. The van der Waals surface area contributed by atoms with E-state index in [1.54, 1.807) is 0 Å². The maximum absolute atomic E-state index is 11.3. The Balaban J connectivity index is 2.54. The molecule has 3 nitrogen and oxygen atoms in total. The fourth-order valence-electron chi connectivity index (χ4n) is 1.47. The second-order valence-corrected chi connectivity index (χ2v) is 6.94. The van der Waals surface area contributed by atoms with Gasteiger partial charge in [-0.25, -0.2) is 0 Å². The zero-order chi connectivity index (χ0) is 14.5. The molecule has 0 aliphatic carbocycles. The summed E-state index contributed by atoms with van der Waals surface area (Å²) >= 11 is 1.51. The lowest BCUT2D eigenvalue weighted by atomic mass is 10.1. The Morgan fingerprint density at radius 1 is 1.32 bits per heavy atom. The van der Waals surface area contributed by atoms with E-state index in [1.807, 2.05) is 19.1 Å². The molecule has 0 spiro atoms. The Morgan fingerprint density at radius 2 is 1.89 bits per heavy atom. The Morgan fingerprint density at radius 3 is 2.37 bits per heavy atom. The molecule has 4 heteroatoms. The van der Waals surface area contributed by atoms with Crippen molar-refractivity contribution in [2.45, 2.75) is 49.9 Å². The highest BCUT2D eigenvalue weighted by Gasteiger charge is 2.14. The lowest BCUT2D eigenvalue weighted by molar-refractivity contribution is -0.139. The maximum Gasteiger partial charge on any atom is 0.318 e. The van der Waals surface area contributed by atoms with E-state index in [0.29, 0.717) is 0 Å². The van der Waals surface area contributed by atoms with Gasteiger partial charge in [0.15, 0.2) is 0 Å². The van der Waals surface area contributed by atoms with E-state index in [4.69, 9.17) is 4.74 Å². The van der Waals surface area contributed by atoms with Gasteiger partial charge in [0.1, 0.15) is 5.25 Å². The molecule has 0 aliphatic heterocycles. The number of ether oxygens (including phenoxy) is 1. The summed E-state index contributed by atoms with van der Waals surface area (Å²) in [4.78, 5) is 12.4. The van der Waals surface area contributed by atoms with E-state index < -0.39 is 0 Å². The summed E-state index contributed by atoms with van der Waals surface area (Å²) in [6.45, 7) is 9.15. The van der Waals surface area contributed by atoms with Crippen LogP contribution in [-0.4, -0.2) is 23.9 Å². The topological polar surface area (TPSA) is 38.3 Å². The number of nitrogens with one attached hydrogen (secondary N) is 1. The molecular formula is C15H23NO2S. The molecule has 0 fully saturated rings. The van der Waals surface area contributed by atoms with Gasteiger partial charge in [-0.1, -0.05) is 12.1 Å². The lowest BCUT2D eigenvalue weighted by Gasteiger charge is -2.20. The molecule has 0 saturated heterocycles. The third-order valence-corrected chi connectivity index (χ3v) is 3.68. The van der Waals surface area contributed by atoms with Gasteiger partial charge in [-0.2, -0.15) is 0 Å². The van der Waals surface area contributed by atoms with E-state index in [-0.39, 0.29) is 16.8 Å². The Labute approximate surface area is 120 Å². The second-order valence-electron chi connectivity index (χ2n) is 5.53. The molecule has 1 atom stereocenters. The zero-order valence-electron chi connectivity index (χ0n) is 12.3. The van der Waals surface area contributed by atoms with Crippen LogP contribution >= 0.6 is 11.8 Å². The molecule has 0 aliphatic rings. The minimum atomic E-state index is -0.191. The fourth-order valence-corrected chi connectivity index (χ4v) is 2.37. The van der Waals surface area contributed by atoms with Crippen LogP contribution in [0.1, 0.15) is 33.3 Å². The van der Waals surface area contributed by atoms with Gasteiger partial charge < -0.3 is 10.1 Å². The van der Waals surface area contributed by atoms with Crippen molar-refractivity contribution in [3.05, 3.63) is 29.8 Å². The van der Waals surface area contributed by atoms with Crippen LogP contribution in [0.25, 0.3) is 0 Å². The first-order valence-electron chi connectivity index (χ1n) is 6.40. The summed E-state index contributed by atoms with van der Waals surface area (Å²) in [5.41, 5.74) is 1.36. The molecule has 1 unspecified atom stereocenters. The smallest absolute Gasteiger partial charge is 0.318 e. The van der Waals surface area contributed by atoms with Gasteiger partial charge in [0.25, 0.3) is 0 Å². The van der Waals surface area contributed by atoms with Crippen molar-refractivity contribution in [3.8, 4) is 0 Å². The average molecular weight is 281 g/mol. The van der Waals surface area contributed by atoms with Crippen LogP contribution in [0.2, 0.25) is 0 Å². The first kappa shape index (κ1) is 16.1. The van der Waals surface area contributed by atoms with Crippen molar-refractivity contribution in [1.29, 1.82) is 0 Å². The van der Waals surface area contributed by atoms with Crippen LogP contribution < -0.4 is 5.32 Å². The summed E-state index contributed by atoms with van der Waals surface area (Å²) in [7, 11) is 1.42. The summed E-state index contributed by atoms with van der Waals surface area (Å²) in [6.07, 6.45) is 0. The molecule has 19 heavy (non-hydrogen) atoms. The molecule has 0 amide bonds. The van der Waals surface area contributed by atoms with Crippen LogP contribution in [0.5, 0.6) is 0 Å². The number of hydrogen-bond acceptors (Lipinski definition) is 4. The number of thioether (sulfide) groups is 1. The minimum absolute atomic E-state index is 0.118. The van der Waals surface area contributed by atoms with Gasteiger partial charge in [0, 0.05) is 17.0 Å². The quantitative estimate of drug-likeness (QED) is 0.664. The summed E-state index contributed by atoms with van der Waals surface area (Å²) in [6, 6.07) is 8.27. The Kier molecular flexibility index (Phi) is 5.88. The number of carbonyl (C=O) groups excluding carboxylic acids is 1. The van der Waals surface area contributed by atoms with Gasteiger partial charge in [-0.05, 0) is 45.4 Å². The molecule has 1 aromatic carbocycles. The number of carbonyl (C=O) groups is 1. The molecule has 0 radical (unpaired) electrons.